The van der Waals surface area contributed by atoms with E-state index in [0.29, 0.717) is 0 Å². The summed E-state index contributed by atoms with van der Waals surface area (Å²) in [5.41, 5.74) is 5.67. The van der Waals surface area contributed by atoms with Gasteiger partial charge < -0.3 is 5.73 Å². The molecule has 0 saturated heterocycles. The number of carbonyl (C=O) groups excluding carboxylic acids is 1. The molecule has 1 rings (SSSR count). The number of carbonyl (C=O) groups is 1. The fraction of sp³-hybridized carbons (Fsp3) is 0.200. The number of nitrogens with two attached hydrogens (primary N) is 1. The van der Waals surface area contributed by atoms with Crippen LogP contribution in [0, 0.1) is 6.92 Å². The zero-order chi connectivity index (χ0) is 6.85. The molecule has 0 fully saturated rings. The molecule has 0 aliphatic heterocycles. The summed E-state index contributed by atoms with van der Waals surface area (Å²) in [6.07, 6.45) is 1.53. The second kappa shape index (κ2) is 1.89. The van der Waals surface area contributed by atoms with Gasteiger partial charge in [0, 0.05) is 11.9 Å². The lowest BCUT2D eigenvalue weighted by Crippen LogP contribution is -2.21. The molecule has 9 heavy (non-hydrogen) atoms. The number of aryl methyl sites for hydroxylation is 1. The van der Waals surface area contributed by atoms with Crippen LogP contribution >= 0.6 is 0 Å². The number of rotatable bonds is 0. The van der Waals surface area contributed by atoms with Crippen LogP contribution in [0.25, 0.3) is 0 Å². The molecule has 0 atom stereocenters. The molecule has 0 aromatic carbocycles. The Balaban J connectivity index is 3.08. The van der Waals surface area contributed by atoms with Gasteiger partial charge in [-0.25, -0.2) is 4.79 Å². The minimum atomic E-state index is -0.544. The van der Waals surface area contributed by atoms with Crippen LogP contribution in [0.15, 0.2) is 12.3 Å². The maximum Gasteiger partial charge on any atom is 0.339 e. The molecule has 0 spiro atoms. The average molecular weight is 125 g/mol. The van der Waals surface area contributed by atoms with Crippen LogP contribution in [0.2, 0.25) is 0 Å². The van der Waals surface area contributed by atoms with Crippen molar-refractivity contribution in [2.45, 2.75) is 6.92 Å². The summed E-state index contributed by atoms with van der Waals surface area (Å²) in [6, 6.07) is 1.17. The number of amides is 1. The van der Waals surface area contributed by atoms with Gasteiger partial charge >= 0.3 is 6.03 Å². The summed E-state index contributed by atoms with van der Waals surface area (Å²) < 4.78 is 1.14. The largest absolute Gasteiger partial charge is 0.350 e. The van der Waals surface area contributed by atoms with E-state index in [2.05, 4.69) is 5.10 Å². The number of primary amides is 1. The van der Waals surface area contributed by atoms with Crippen LogP contribution in [-0.4, -0.2) is 15.8 Å². The van der Waals surface area contributed by atoms with Crippen molar-refractivity contribution in [3.63, 3.8) is 0 Å². The molecular weight excluding hydrogens is 118 g/mol. The highest BCUT2D eigenvalue weighted by Crippen LogP contribution is 1.92. The first-order valence-corrected chi connectivity index (χ1v) is 2.52. The standard InChI is InChI=1S/C5H7N3O/c1-4-2-3-7-8(4)5(6)9/h2-3H,1H3,(H2,6,9). The monoisotopic (exact) mass is 125 g/mol. The molecule has 2 N–H and O–H groups in total. The molecule has 4 heteroatoms. The molecule has 1 aromatic heterocycles. The van der Waals surface area contributed by atoms with E-state index in [9.17, 15) is 4.79 Å². The van der Waals surface area contributed by atoms with Crippen LogP contribution in [0.5, 0.6) is 0 Å². The molecule has 1 heterocycles. The molecule has 0 unspecified atom stereocenters. The van der Waals surface area contributed by atoms with E-state index < -0.39 is 6.03 Å². The maximum atomic E-state index is 10.4. The Morgan fingerprint density at radius 3 is 2.78 bits per heavy atom. The molecular formula is C5H7N3O. The second-order valence-corrected chi connectivity index (χ2v) is 1.72. The Bertz CT molecular complexity index is 228. The fourth-order valence-electron chi connectivity index (χ4n) is 0.600. The number of hydrogen-bond acceptors (Lipinski definition) is 2. The average Bonchev–Trinajstić information content (AvgIpc) is 2.13. The Morgan fingerprint density at radius 1 is 1.89 bits per heavy atom. The quantitative estimate of drug-likeness (QED) is 0.535. The third-order valence-electron chi connectivity index (χ3n) is 1.04. The lowest BCUT2D eigenvalue weighted by atomic mass is 10.5. The van der Waals surface area contributed by atoms with E-state index in [0.717, 1.165) is 10.4 Å². The predicted molar refractivity (Wildman–Crippen MR) is 31.9 cm³/mol. The van der Waals surface area contributed by atoms with Crippen molar-refractivity contribution in [1.82, 2.24) is 9.78 Å². The summed E-state index contributed by atoms with van der Waals surface area (Å²) in [7, 11) is 0. The van der Waals surface area contributed by atoms with E-state index in [1.165, 1.54) is 6.20 Å². The van der Waals surface area contributed by atoms with Gasteiger partial charge in [0.15, 0.2) is 0 Å². The molecule has 1 amide bonds. The predicted octanol–water partition coefficient (Wildman–Crippen LogP) is 0.118. The summed E-state index contributed by atoms with van der Waals surface area (Å²) in [5, 5.41) is 3.66. The first kappa shape index (κ1) is 5.81. The second-order valence-electron chi connectivity index (χ2n) is 1.72. The van der Waals surface area contributed by atoms with Crippen LogP contribution in [0.1, 0.15) is 5.69 Å². The van der Waals surface area contributed by atoms with E-state index in [1.54, 1.807) is 13.0 Å². The van der Waals surface area contributed by atoms with Crippen LogP contribution < -0.4 is 5.73 Å². The summed E-state index contributed by atoms with van der Waals surface area (Å²) in [6.45, 7) is 1.76. The van der Waals surface area contributed by atoms with Gasteiger partial charge in [-0.3, -0.25) is 0 Å². The topological polar surface area (TPSA) is 60.9 Å². The Hall–Kier alpha value is -1.32. The smallest absolute Gasteiger partial charge is 0.339 e. The number of nitrogens with zero attached hydrogens (tertiary/aromatic N) is 2. The van der Waals surface area contributed by atoms with Crippen molar-refractivity contribution in [2.24, 2.45) is 5.73 Å². The number of hydrogen-bond donors (Lipinski definition) is 1. The van der Waals surface area contributed by atoms with Crippen LogP contribution in [0.3, 0.4) is 0 Å². The summed E-state index contributed by atoms with van der Waals surface area (Å²) in [5.74, 6) is 0. The van der Waals surface area contributed by atoms with Gasteiger partial charge in [-0.05, 0) is 13.0 Å². The Kier molecular flexibility index (Phi) is 1.22. The lowest BCUT2D eigenvalue weighted by molar-refractivity contribution is 0.247. The van der Waals surface area contributed by atoms with Crippen molar-refractivity contribution in [2.75, 3.05) is 0 Å². The van der Waals surface area contributed by atoms with Gasteiger partial charge in [-0.2, -0.15) is 9.78 Å². The third kappa shape index (κ3) is 0.910. The van der Waals surface area contributed by atoms with Crippen LogP contribution in [-0.2, 0) is 0 Å². The zero-order valence-electron chi connectivity index (χ0n) is 5.03. The van der Waals surface area contributed by atoms with Crippen LogP contribution in [0.4, 0.5) is 4.79 Å². The minimum absolute atomic E-state index is 0.544. The summed E-state index contributed by atoms with van der Waals surface area (Å²) >= 11 is 0. The molecule has 4 nitrogen and oxygen atoms in total. The molecule has 48 valence electrons. The highest BCUT2D eigenvalue weighted by atomic mass is 16.2. The normalized spacial score (nSPS) is 9.44. The van der Waals surface area contributed by atoms with Gasteiger partial charge in [-0.1, -0.05) is 0 Å². The van der Waals surface area contributed by atoms with Gasteiger partial charge in [0.2, 0.25) is 0 Å². The molecule has 1 aromatic rings. The Labute approximate surface area is 52.3 Å². The van der Waals surface area contributed by atoms with E-state index >= 15 is 0 Å². The van der Waals surface area contributed by atoms with Gasteiger partial charge in [0.1, 0.15) is 0 Å². The fourth-order valence-corrected chi connectivity index (χ4v) is 0.600. The van der Waals surface area contributed by atoms with Gasteiger partial charge in [0.05, 0.1) is 0 Å². The van der Waals surface area contributed by atoms with Crippen molar-refractivity contribution < 1.29 is 4.79 Å². The van der Waals surface area contributed by atoms with Crippen molar-refractivity contribution in [1.29, 1.82) is 0 Å². The highest BCUT2D eigenvalue weighted by Gasteiger charge is 1.99. The molecule has 0 bridgehead atoms. The SMILES string of the molecule is Cc1ccnn1C(N)=O. The molecule has 0 radical (unpaired) electrons. The van der Waals surface area contributed by atoms with Crippen molar-refractivity contribution in [3.8, 4) is 0 Å². The van der Waals surface area contributed by atoms with E-state index in [4.69, 9.17) is 5.73 Å². The van der Waals surface area contributed by atoms with Gasteiger partial charge in [-0.15, -0.1) is 0 Å². The molecule has 0 aliphatic rings. The zero-order valence-corrected chi connectivity index (χ0v) is 5.03. The third-order valence-corrected chi connectivity index (χ3v) is 1.04. The summed E-state index contributed by atoms with van der Waals surface area (Å²) in [4.78, 5) is 10.4. The van der Waals surface area contributed by atoms with Crippen molar-refractivity contribution >= 4 is 6.03 Å². The molecule has 0 aliphatic carbocycles. The number of aromatic nitrogens is 2. The highest BCUT2D eigenvalue weighted by molar-refractivity contribution is 5.74. The van der Waals surface area contributed by atoms with E-state index in [-0.39, 0.29) is 0 Å². The maximum absolute atomic E-state index is 10.4. The van der Waals surface area contributed by atoms with E-state index in [1.807, 2.05) is 0 Å². The van der Waals surface area contributed by atoms with Crippen molar-refractivity contribution in [3.05, 3.63) is 18.0 Å². The van der Waals surface area contributed by atoms with Gasteiger partial charge in [0.25, 0.3) is 0 Å². The lowest BCUT2D eigenvalue weighted by Gasteiger charge is -1.93. The Morgan fingerprint density at radius 2 is 2.56 bits per heavy atom. The minimum Gasteiger partial charge on any atom is -0.350 e. The first-order valence-electron chi connectivity index (χ1n) is 2.52. The molecule has 0 saturated carbocycles. The first-order chi connectivity index (χ1) is 4.22.